The molecule has 2 aromatic rings. The van der Waals surface area contributed by atoms with Crippen LogP contribution in [-0.2, 0) is 26.6 Å². The van der Waals surface area contributed by atoms with E-state index in [-0.39, 0.29) is 54.5 Å². The van der Waals surface area contributed by atoms with Gasteiger partial charge >= 0.3 is 18.4 Å². The Bertz CT molecular complexity index is 1410. The molecule has 3 saturated heterocycles. The largest absolute Gasteiger partial charge is 0.444 e. The first-order valence-electron chi connectivity index (χ1n) is 15.8. The van der Waals surface area contributed by atoms with Gasteiger partial charge in [-0.15, -0.1) is 0 Å². The zero-order chi connectivity index (χ0) is 34.5. The van der Waals surface area contributed by atoms with Crippen LogP contribution in [0.1, 0.15) is 87.7 Å². The van der Waals surface area contributed by atoms with Crippen LogP contribution in [0.15, 0.2) is 42.5 Å². The fraction of sp³-hybridized carbons (Fsp3) is 0.588. The number of nitrogens with zero attached hydrogens (tertiary/aromatic N) is 2. The van der Waals surface area contributed by atoms with Crippen molar-refractivity contribution in [1.82, 2.24) is 9.80 Å². The molecule has 2 aromatic carbocycles. The number of hydrogen-bond acceptors (Lipinski definition) is 4. The summed E-state index contributed by atoms with van der Waals surface area (Å²) in [6.45, 7) is 7.84. The molecule has 0 aliphatic carbocycles. The van der Waals surface area contributed by atoms with Crippen LogP contribution >= 0.6 is 0 Å². The Morgan fingerprint density at radius 1 is 0.894 bits per heavy atom. The van der Waals surface area contributed by atoms with Crippen LogP contribution in [0.5, 0.6) is 0 Å². The summed E-state index contributed by atoms with van der Waals surface area (Å²) >= 11 is 0. The van der Waals surface area contributed by atoms with Gasteiger partial charge in [-0.1, -0.05) is 12.1 Å². The summed E-state index contributed by atoms with van der Waals surface area (Å²) in [6, 6.07) is 6.70. The lowest BCUT2D eigenvalue weighted by molar-refractivity contribution is -0.143. The van der Waals surface area contributed by atoms with Gasteiger partial charge in [-0.25, -0.2) is 9.18 Å². The van der Waals surface area contributed by atoms with Crippen molar-refractivity contribution < 1.29 is 49.8 Å². The molecule has 5 atom stereocenters. The third kappa shape index (κ3) is 8.04. The van der Waals surface area contributed by atoms with Crippen LogP contribution in [0.2, 0.25) is 0 Å². The zero-order valence-electron chi connectivity index (χ0n) is 26.6. The van der Waals surface area contributed by atoms with Gasteiger partial charge in [-0.05, 0) is 100 Å². The van der Waals surface area contributed by atoms with Crippen molar-refractivity contribution in [2.75, 3.05) is 19.6 Å². The normalized spacial score (nSPS) is 25.1. The van der Waals surface area contributed by atoms with Gasteiger partial charge in [0.25, 0.3) is 0 Å². The molecule has 13 heteroatoms. The van der Waals surface area contributed by atoms with Gasteiger partial charge in [-0.3, -0.25) is 4.79 Å². The van der Waals surface area contributed by atoms with Gasteiger partial charge < -0.3 is 19.3 Å². The number of piperidine rings is 2. The predicted octanol–water partition coefficient (Wildman–Crippen LogP) is 8.36. The molecule has 0 N–H and O–H groups in total. The molecule has 2 amide bonds. The summed E-state index contributed by atoms with van der Waals surface area (Å²) in [6.07, 6.45) is -10.1. The standard InChI is InChI=1S/C34H39F7N2O4/c1-19(22-13-24(33(36,37)38)17-25(14-22)34(39,40)41)46-28-18-43-27(30(28)21-5-7-26(35)8-6-21)15-23(16-29(43)44)20-9-11-42(12-10-20)31(45)47-32(2,3)4/h5-8,13-14,17,19-20,23,27-28,30H,9-12,15-16,18H2,1-4H3/t19-,23?,27?,28?,30+/m1/s1. The molecule has 3 unspecified atom stereocenters. The maximum Gasteiger partial charge on any atom is 0.416 e. The Morgan fingerprint density at radius 2 is 1.47 bits per heavy atom. The lowest BCUT2D eigenvalue weighted by atomic mass is 9.74. The number of amides is 2. The Balaban J connectivity index is 1.37. The quantitative estimate of drug-likeness (QED) is 0.300. The van der Waals surface area contributed by atoms with Crippen molar-refractivity contribution >= 4 is 12.0 Å². The minimum Gasteiger partial charge on any atom is -0.444 e. The van der Waals surface area contributed by atoms with Crippen molar-refractivity contribution in [2.24, 2.45) is 11.8 Å². The topological polar surface area (TPSA) is 59.1 Å². The highest BCUT2D eigenvalue weighted by atomic mass is 19.4. The highest BCUT2D eigenvalue weighted by molar-refractivity contribution is 5.78. The van der Waals surface area contributed by atoms with Gasteiger partial charge in [-0.2, -0.15) is 26.3 Å². The van der Waals surface area contributed by atoms with E-state index in [4.69, 9.17) is 9.47 Å². The first kappa shape index (κ1) is 35.0. The average molecular weight is 673 g/mol. The van der Waals surface area contributed by atoms with E-state index in [0.29, 0.717) is 50.0 Å². The molecule has 258 valence electrons. The van der Waals surface area contributed by atoms with Crippen molar-refractivity contribution in [3.8, 4) is 0 Å². The van der Waals surface area contributed by atoms with Gasteiger partial charge in [0.1, 0.15) is 11.4 Å². The maximum absolute atomic E-state index is 13.9. The monoisotopic (exact) mass is 672 g/mol. The molecule has 3 heterocycles. The first-order valence-corrected chi connectivity index (χ1v) is 15.8. The molecule has 0 spiro atoms. The van der Waals surface area contributed by atoms with Gasteiger partial charge in [0.05, 0.1) is 23.3 Å². The highest BCUT2D eigenvalue weighted by Gasteiger charge is 2.51. The van der Waals surface area contributed by atoms with Gasteiger partial charge in [0, 0.05) is 38.0 Å². The molecule has 47 heavy (non-hydrogen) atoms. The number of likely N-dealkylation sites (tertiary alicyclic amines) is 1. The Morgan fingerprint density at radius 3 is 2.00 bits per heavy atom. The van der Waals surface area contributed by atoms with Crippen molar-refractivity contribution in [2.45, 2.75) is 95.5 Å². The third-order valence-electron chi connectivity index (χ3n) is 9.46. The number of benzene rings is 2. The second kappa shape index (κ2) is 12.9. The van der Waals surface area contributed by atoms with Crippen molar-refractivity contribution in [1.29, 1.82) is 0 Å². The van der Waals surface area contributed by atoms with E-state index < -0.39 is 53.0 Å². The average Bonchev–Trinajstić information content (AvgIpc) is 3.34. The van der Waals surface area contributed by atoms with Gasteiger partial charge in [0.15, 0.2) is 0 Å². The number of carbonyl (C=O) groups is 2. The Hall–Kier alpha value is -3.35. The molecule has 0 radical (unpaired) electrons. The van der Waals surface area contributed by atoms with E-state index >= 15 is 0 Å². The van der Waals surface area contributed by atoms with Crippen LogP contribution in [0.3, 0.4) is 0 Å². The summed E-state index contributed by atoms with van der Waals surface area (Å²) in [4.78, 5) is 29.5. The van der Waals surface area contributed by atoms with E-state index in [0.717, 1.165) is 0 Å². The van der Waals surface area contributed by atoms with E-state index in [1.807, 2.05) is 0 Å². The number of carbonyl (C=O) groups excluding carboxylic acids is 2. The molecule has 0 bridgehead atoms. The minimum absolute atomic E-state index is 0.0125. The number of hydrogen-bond donors (Lipinski definition) is 0. The van der Waals surface area contributed by atoms with Crippen molar-refractivity contribution in [3.05, 3.63) is 70.5 Å². The molecular weight excluding hydrogens is 633 g/mol. The number of rotatable bonds is 5. The van der Waals surface area contributed by atoms with Gasteiger partial charge in [0.2, 0.25) is 5.91 Å². The summed E-state index contributed by atoms with van der Waals surface area (Å²) in [5, 5.41) is 0. The fourth-order valence-corrected chi connectivity index (χ4v) is 7.22. The Labute approximate surface area is 269 Å². The lowest BCUT2D eigenvalue weighted by Crippen LogP contribution is -2.48. The maximum atomic E-state index is 13.9. The molecule has 3 fully saturated rings. The van der Waals surface area contributed by atoms with E-state index in [1.165, 1.54) is 19.1 Å². The molecule has 3 aliphatic rings. The highest BCUT2D eigenvalue weighted by Crippen LogP contribution is 2.47. The predicted molar refractivity (Wildman–Crippen MR) is 158 cm³/mol. The second-order valence-electron chi connectivity index (χ2n) is 13.9. The Kier molecular flexibility index (Phi) is 9.62. The number of fused-ring (bicyclic) bond motifs is 1. The van der Waals surface area contributed by atoms with Crippen LogP contribution < -0.4 is 0 Å². The zero-order valence-corrected chi connectivity index (χ0v) is 26.6. The van der Waals surface area contributed by atoms with Crippen LogP contribution in [-0.4, -0.2) is 59.2 Å². The van der Waals surface area contributed by atoms with Crippen LogP contribution in [0, 0.1) is 17.7 Å². The number of alkyl halides is 6. The van der Waals surface area contributed by atoms with Crippen molar-refractivity contribution in [3.63, 3.8) is 0 Å². The third-order valence-corrected chi connectivity index (χ3v) is 9.46. The molecule has 5 rings (SSSR count). The smallest absolute Gasteiger partial charge is 0.416 e. The van der Waals surface area contributed by atoms with Crippen LogP contribution in [0.4, 0.5) is 35.5 Å². The molecule has 6 nitrogen and oxygen atoms in total. The summed E-state index contributed by atoms with van der Waals surface area (Å²) in [5.41, 5.74) is -3.14. The summed E-state index contributed by atoms with van der Waals surface area (Å²) in [5.74, 6) is -0.961. The SMILES string of the molecule is C[C@@H](OC1CN2C(=O)CC(C3CCN(C(=O)OC(C)(C)C)CC3)CC2[C@@H]1c1ccc(F)cc1)c1cc(C(F)(F)F)cc(C(F)(F)F)c1. The second-order valence-corrected chi connectivity index (χ2v) is 13.9. The number of ether oxygens (including phenoxy) is 2. The van der Waals surface area contributed by atoms with E-state index in [1.54, 1.807) is 42.7 Å². The first-order chi connectivity index (χ1) is 21.8. The van der Waals surface area contributed by atoms with E-state index in [9.17, 15) is 40.3 Å². The molecule has 3 aliphatic heterocycles. The summed E-state index contributed by atoms with van der Waals surface area (Å²) in [7, 11) is 0. The molecule has 0 aromatic heterocycles. The van der Waals surface area contributed by atoms with Crippen LogP contribution in [0.25, 0.3) is 0 Å². The van der Waals surface area contributed by atoms with E-state index in [2.05, 4.69) is 0 Å². The molecular formula is C34H39F7N2O4. The molecule has 0 saturated carbocycles. The minimum atomic E-state index is -5.01. The fourth-order valence-electron chi connectivity index (χ4n) is 7.22. The summed E-state index contributed by atoms with van der Waals surface area (Å²) < 4.78 is 107. The lowest BCUT2D eigenvalue weighted by Gasteiger charge is -2.42. The number of halogens is 7.